The van der Waals surface area contributed by atoms with E-state index in [0.717, 1.165) is 18.1 Å². The highest BCUT2D eigenvalue weighted by molar-refractivity contribution is 5.94. The summed E-state index contributed by atoms with van der Waals surface area (Å²) in [5, 5.41) is 2.69. The molecule has 4 heteroatoms. The van der Waals surface area contributed by atoms with E-state index >= 15 is 0 Å². The minimum Gasteiger partial charge on any atom is -0.399 e. The van der Waals surface area contributed by atoms with Crippen molar-refractivity contribution in [2.45, 2.75) is 19.9 Å². The predicted octanol–water partition coefficient (Wildman–Crippen LogP) is 2.90. The Morgan fingerprint density at radius 1 is 1.15 bits per heavy atom. The molecule has 0 radical (unpaired) electrons. The van der Waals surface area contributed by atoms with Gasteiger partial charge >= 0.3 is 0 Å². The Labute approximate surface area is 117 Å². The van der Waals surface area contributed by atoms with Crippen LogP contribution < -0.4 is 11.1 Å². The fourth-order valence-corrected chi connectivity index (χ4v) is 1.89. The van der Waals surface area contributed by atoms with Crippen LogP contribution in [0.1, 0.15) is 28.4 Å². The first-order valence-corrected chi connectivity index (χ1v) is 6.51. The van der Waals surface area contributed by atoms with Crippen LogP contribution in [-0.4, -0.2) is 5.91 Å². The number of rotatable bonds is 4. The summed E-state index contributed by atoms with van der Waals surface area (Å²) in [6.45, 7) is 2.45. The molecule has 0 aliphatic carbocycles. The number of amides is 1. The van der Waals surface area contributed by atoms with Crippen molar-refractivity contribution in [3.63, 3.8) is 0 Å². The summed E-state index contributed by atoms with van der Waals surface area (Å²) < 4.78 is 13.6. The van der Waals surface area contributed by atoms with E-state index in [-0.39, 0.29) is 5.56 Å². The van der Waals surface area contributed by atoms with Crippen molar-refractivity contribution in [2.75, 3.05) is 5.73 Å². The summed E-state index contributed by atoms with van der Waals surface area (Å²) >= 11 is 0. The van der Waals surface area contributed by atoms with E-state index in [1.54, 1.807) is 0 Å². The van der Waals surface area contributed by atoms with Crippen molar-refractivity contribution in [3.8, 4) is 0 Å². The van der Waals surface area contributed by atoms with Crippen LogP contribution in [0.15, 0.2) is 42.5 Å². The van der Waals surface area contributed by atoms with E-state index in [1.165, 1.54) is 17.7 Å². The maximum atomic E-state index is 13.6. The minimum absolute atomic E-state index is 0.00405. The lowest BCUT2D eigenvalue weighted by atomic mass is 10.1. The molecule has 0 atom stereocenters. The molecule has 104 valence electrons. The van der Waals surface area contributed by atoms with Crippen molar-refractivity contribution >= 4 is 11.6 Å². The highest BCUT2D eigenvalue weighted by Gasteiger charge is 2.11. The van der Waals surface area contributed by atoms with Gasteiger partial charge in [0.25, 0.3) is 5.91 Å². The molecule has 0 bridgehead atoms. The van der Waals surface area contributed by atoms with Gasteiger partial charge in [0.2, 0.25) is 0 Å². The molecule has 0 spiro atoms. The van der Waals surface area contributed by atoms with Gasteiger partial charge in [-0.05, 0) is 35.7 Å². The zero-order valence-electron chi connectivity index (χ0n) is 11.3. The number of carbonyl (C=O) groups is 1. The molecular weight excluding hydrogens is 255 g/mol. The summed E-state index contributed by atoms with van der Waals surface area (Å²) in [5.74, 6) is -1.05. The molecule has 2 aromatic carbocycles. The zero-order chi connectivity index (χ0) is 14.5. The van der Waals surface area contributed by atoms with Gasteiger partial charge in [-0.2, -0.15) is 0 Å². The van der Waals surface area contributed by atoms with E-state index in [1.807, 2.05) is 24.3 Å². The Morgan fingerprint density at radius 2 is 1.80 bits per heavy atom. The van der Waals surface area contributed by atoms with Gasteiger partial charge in [0.1, 0.15) is 5.82 Å². The second kappa shape index (κ2) is 6.19. The van der Waals surface area contributed by atoms with Gasteiger partial charge in [0, 0.05) is 12.2 Å². The van der Waals surface area contributed by atoms with Gasteiger partial charge in [-0.15, -0.1) is 0 Å². The average molecular weight is 272 g/mol. The Balaban J connectivity index is 2.00. The van der Waals surface area contributed by atoms with E-state index in [2.05, 4.69) is 12.2 Å². The number of hydrogen-bond donors (Lipinski definition) is 2. The first-order valence-electron chi connectivity index (χ1n) is 6.51. The summed E-state index contributed by atoms with van der Waals surface area (Å²) in [5.41, 5.74) is 7.97. The van der Waals surface area contributed by atoms with Crippen LogP contribution in [0.3, 0.4) is 0 Å². The number of nitrogens with two attached hydrogens (primary N) is 1. The van der Waals surface area contributed by atoms with E-state index < -0.39 is 11.7 Å². The van der Waals surface area contributed by atoms with Crippen molar-refractivity contribution in [3.05, 3.63) is 65.0 Å². The third-order valence-corrected chi connectivity index (χ3v) is 3.12. The highest BCUT2D eigenvalue weighted by atomic mass is 19.1. The minimum atomic E-state index is -0.608. The Hall–Kier alpha value is -2.36. The Bertz CT molecular complexity index is 608. The maximum Gasteiger partial charge on any atom is 0.254 e. The number of aryl methyl sites for hydroxylation is 1. The molecule has 2 aromatic rings. The van der Waals surface area contributed by atoms with Crippen LogP contribution in [0, 0.1) is 5.82 Å². The molecule has 0 aliphatic rings. The number of nitrogen functional groups attached to an aromatic ring is 1. The van der Waals surface area contributed by atoms with Gasteiger partial charge in [-0.3, -0.25) is 4.79 Å². The molecule has 0 fully saturated rings. The van der Waals surface area contributed by atoms with Crippen LogP contribution in [0.25, 0.3) is 0 Å². The molecular formula is C16H17FN2O. The van der Waals surface area contributed by atoms with Gasteiger partial charge in [-0.1, -0.05) is 31.2 Å². The Morgan fingerprint density at radius 3 is 2.40 bits per heavy atom. The predicted molar refractivity (Wildman–Crippen MR) is 77.8 cm³/mol. The standard InChI is InChI=1S/C16H17FN2O/c1-2-11-3-5-12(6-4-11)10-19-16(20)14-8-7-13(18)9-15(14)17/h3-9H,2,10,18H2,1H3,(H,19,20). The second-order valence-electron chi connectivity index (χ2n) is 4.59. The normalized spacial score (nSPS) is 10.3. The fraction of sp³-hybridized carbons (Fsp3) is 0.188. The lowest BCUT2D eigenvalue weighted by Crippen LogP contribution is -2.23. The smallest absolute Gasteiger partial charge is 0.254 e. The van der Waals surface area contributed by atoms with Crippen molar-refractivity contribution < 1.29 is 9.18 Å². The van der Waals surface area contributed by atoms with Crippen LogP contribution in [0.2, 0.25) is 0 Å². The SMILES string of the molecule is CCc1ccc(CNC(=O)c2ccc(N)cc2F)cc1. The van der Waals surface area contributed by atoms with Crippen molar-refractivity contribution in [1.29, 1.82) is 0 Å². The number of carbonyl (C=O) groups excluding carboxylic acids is 1. The van der Waals surface area contributed by atoms with Crippen molar-refractivity contribution in [2.24, 2.45) is 0 Å². The first-order chi connectivity index (χ1) is 9.60. The summed E-state index contributed by atoms with van der Waals surface area (Å²) in [7, 11) is 0. The fourth-order valence-electron chi connectivity index (χ4n) is 1.89. The molecule has 0 unspecified atom stereocenters. The molecule has 0 saturated heterocycles. The topological polar surface area (TPSA) is 55.1 Å². The molecule has 1 amide bonds. The number of nitrogens with one attached hydrogen (secondary N) is 1. The Kier molecular flexibility index (Phi) is 4.35. The van der Waals surface area contributed by atoms with Crippen LogP contribution >= 0.6 is 0 Å². The van der Waals surface area contributed by atoms with Crippen LogP contribution in [0.4, 0.5) is 10.1 Å². The highest BCUT2D eigenvalue weighted by Crippen LogP contribution is 2.12. The maximum absolute atomic E-state index is 13.6. The second-order valence-corrected chi connectivity index (χ2v) is 4.59. The number of halogens is 1. The molecule has 0 aromatic heterocycles. The molecule has 2 rings (SSSR count). The van der Waals surface area contributed by atoms with Gasteiger partial charge in [-0.25, -0.2) is 4.39 Å². The van der Waals surface area contributed by atoms with E-state index in [9.17, 15) is 9.18 Å². The first kappa shape index (κ1) is 14.1. The lowest BCUT2D eigenvalue weighted by Gasteiger charge is -2.07. The van der Waals surface area contributed by atoms with Gasteiger partial charge in [0.15, 0.2) is 0 Å². The lowest BCUT2D eigenvalue weighted by molar-refractivity contribution is 0.0947. The third kappa shape index (κ3) is 3.35. The van der Waals surface area contributed by atoms with Gasteiger partial charge in [0.05, 0.1) is 5.56 Å². The molecule has 20 heavy (non-hydrogen) atoms. The number of benzene rings is 2. The molecule has 3 N–H and O–H groups in total. The molecule has 0 saturated carbocycles. The third-order valence-electron chi connectivity index (χ3n) is 3.12. The summed E-state index contributed by atoms with van der Waals surface area (Å²) in [6.07, 6.45) is 0.975. The largest absolute Gasteiger partial charge is 0.399 e. The quantitative estimate of drug-likeness (QED) is 0.841. The molecule has 0 heterocycles. The van der Waals surface area contributed by atoms with Gasteiger partial charge < -0.3 is 11.1 Å². The molecule has 0 aliphatic heterocycles. The van der Waals surface area contributed by atoms with Crippen LogP contribution in [0.5, 0.6) is 0 Å². The number of anilines is 1. The summed E-state index contributed by atoms with van der Waals surface area (Å²) in [4.78, 5) is 11.9. The van der Waals surface area contributed by atoms with E-state index in [0.29, 0.717) is 12.2 Å². The zero-order valence-corrected chi connectivity index (χ0v) is 11.3. The monoisotopic (exact) mass is 272 g/mol. The van der Waals surface area contributed by atoms with E-state index in [4.69, 9.17) is 5.73 Å². The van der Waals surface area contributed by atoms with Crippen LogP contribution in [-0.2, 0) is 13.0 Å². The number of hydrogen-bond acceptors (Lipinski definition) is 2. The average Bonchev–Trinajstić information content (AvgIpc) is 2.45. The summed E-state index contributed by atoms with van der Waals surface area (Å²) in [6, 6.07) is 12.0. The molecule has 3 nitrogen and oxygen atoms in total. The van der Waals surface area contributed by atoms with Crippen molar-refractivity contribution in [1.82, 2.24) is 5.32 Å².